The molecule has 1 aromatic heterocycles. The summed E-state index contributed by atoms with van der Waals surface area (Å²) < 4.78 is 1.89. The summed E-state index contributed by atoms with van der Waals surface area (Å²) in [4.78, 5) is 0. The third kappa shape index (κ3) is 1.35. The molecular weight excluding hydrogens is 160 g/mol. The summed E-state index contributed by atoms with van der Waals surface area (Å²) in [5, 5.41) is 4.15. The minimum Gasteiger partial charge on any atom is -0.268 e. The standard InChI is InChI=1S/C11H12N2/c1-9-5-3-4-6-10(9)11-7-8-12-13(11)2/h3-8H,1-2H3. The summed E-state index contributed by atoms with van der Waals surface area (Å²) in [6, 6.07) is 10.4. The second-order valence-electron chi connectivity index (χ2n) is 3.15. The topological polar surface area (TPSA) is 17.8 Å². The molecule has 2 rings (SSSR count). The molecule has 66 valence electrons. The van der Waals surface area contributed by atoms with Gasteiger partial charge in [-0.05, 0) is 18.6 Å². The van der Waals surface area contributed by atoms with Gasteiger partial charge in [0.05, 0.1) is 5.69 Å². The summed E-state index contributed by atoms with van der Waals surface area (Å²) in [5.74, 6) is 0. The fourth-order valence-corrected chi connectivity index (χ4v) is 1.50. The highest BCUT2D eigenvalue weighted by Gasteiger charge is 2.03. The highest BCUT2D eigenvalue weighted by molar-refractivity contribution is 5.63. The van der Waals surface area contributed by atoms with Gasteiger partial charge < -0.3 is 0 Å². The van der Waals surface area contributed by atoms with E-state index in [1.807, 2.05) is 24.0 Å². The summed E-state index contributed by atoms with van der Waals surface area (Å²) in [6.07, 6.45) is 1.82. The number of rotatable bonds is 1. The Morgan fingerprint density at radius 3 is 2.54 bits per heavy atom. The molecule has 1 heterocycles. The van der Waals surface area contributed by atoms with E-state index in [1.54, 1.807) is 0 Å². The van der Waals surface area contributed by atoms with Crippen LogP contribution < -0.4 is 0 Å². The molecule has 2 nitrogen and oxygen atoms in total. The van der Waals surface area contributed by atoms with Gasteiger partial charge in [-0.3, -0.25) is 4.68 Å². The zero-order valence-electron chi connectivity index (χ0n) is 7.86. The van der Waals surface area contributed by atoms with E-state index in [2.05, 4.69) is 36.3 Å². The Labute approximate surface area is 77.8 Å². The molecule has 0 unspecified atom stereocenters. The molecule has 0 aliphatic heterocycles. The van der Waals surface area contributed by atoms with Crippen molar-refractivity contribution in [2.24, 2.45) is 7.05 Å². The Bertz CT molecular complexity index is 416. The van der Waals surface area contributed by atoms with Crippen LogP contribution in [-0.2, 0) is 7.05 Å². The second kappa shape index (κ2) is 3.05. The van der Waals surface area contributed by atoms with Crippen LogP contribution in [0.2, 0.25) is 0 Å². The number of hydrogen-bond donors (Lipinski definition) is 0. The summed E-state index contributed by atoms with van der Waals surface area (Å²) >= 11 is 0. The average molecular weight is 172 g/mol. The molecule has 13 heavy (non-hydrogen) atoms. The molecule has 0 saturated heterocycles. The van der Waals surface area contributed by atoms with E-state index in [-0.39, 0.29) is 0 Å². The van der Waals surface area contributed by atoms with E-state index >= 15 is 0 Å². The Morgan fingerprint density at radius 2 is 1.92 bits per heavy atom. The van der Waals surface area contributed by atoms with Crippen molar-refractivity contribution in [2.75, 3.05) is 0 Å². The van der Waals surface area contributed by atoms with Gasteiger partial charge in [-0.1, -0.05) is 24.3 Å². The number of benzene rings is 1. The molecule has 0 atom stereocenters. The molecule has 0 fully saturated rings. The smallest absolute Gasteiger partial charge is 0.0681 e. The van der Waals surface area contributed by atoms with Gasteiger partial charge >= 0.3 is 0 Å². The van der Waals surface area contributed by atoms with Crippen LogP contribution in [0.3, 0.4) is 0 Å². The summed E-state index contributed by atoms with van der Waals surface area (Å²) in [7, 11) is 1.96. The van der Waals surface area contributed by atoms with Gasteiger partial charge in [-0.15, -0.1) is 0 Å². The zero-order chi connectivity index (χ0) is 9.26. The van der Waals surface area contributed by atoms with Crippen molar-refractivity contribution in [1.82, 2.24) is 9.78 Å². The maximum atomic E-state index is 4.15. The first-order valence-electron chi connectivity index (χ1n) is 4.33. The van der Waals surface area contributed by atoms with Gasteiger partial charge in [-0.2, -0.15) is 5.10 Å². The van der Waals surface area contributed by atoms with E-state index in [0.29, 0.717) is 0 Å². The van der Waals surface area contributed by atoms with Crippen molar-refractivity contribution in [2.45, 2.75) is 6.92 Å². The Kier molecular flexibility index (Phi) is 1.89. The number of nitrogens with zero attached hydrogens (tertiary/aromatic N) is 2. The van der Waals surface area contributed by atoms with Crippen LogP contribution in [0.15, 0.2) is 36.5 Å². The molecule has 0 N–H and O–H groups in total. The molecule has 2 heteroatoms. The van der Waals surface area contributed by atoms with Crippen molar-refractivity contribution in [3.05, 3.63) is 42.1 Å². The number of hydrogen-bond acceptors (Lipinski definition) is 1. The zero-order valence-corrected chi connectivity index (χ0v) is 7.86. The first kappa shape index (κ1) is 8.05. The van der Waals surface area contributed by atoms with Crippen LogP contribution in [0.5, 0.6) is 0 Å². The van der Waals surface area contributed by atoms with Gasteiger partial charge in [0.25, 0.3) is 0 Å². The molecule has 0 amide bonds. The van der Waals surface area contributed by atoms with E-state index in [9.17, 15) is 0 Å². The van der Waals surface area contributed by atoms with E-state index in [0.717, 1.165) is 5.69 Å². The maximum Gasteiger partial charge on any atom is 0.0681 e. The SMILES string of the molecule is Cc1ccccc1-c1ccnn1C. The lowest BCUT2D eigenvalue weighted by atomic mass is 10.1. The number of aryl methyl sites for hydroxylation is 2. The van der Waals surface area contributed by atoms with Gasteiger partial charge in [-0.25, -0.2) is 0 Å². The molecule has 0 aliphatic carbocycles. The Morgan fingerprint density at radius 1 is 1.15 bits per heavy atom. The molecule has 0 bridgehead atoms. The van der Waals surface area contributed by atoms with Crippen molar-refractivity contribution in [1.29, 1.82) is 0 Å². The molecule has 0 saturated carbocycles. The maximum absolute atomic E-state index is 4.15. The quantitative estimate of drug-likeness (QED) is 0.645. The normalized spacial score (nSPS) is 10.3. The molecule has 0 radical (unpaired) electrons. The molecule has 0 aliphatic rings. The van der Waals surface area contributed by atoms with Crippen molar-refractivity contribution < 1.29 is 0 Å². The van der Waals surface area contributed by atoms with Gasteiger partial charge in [0.1, 0.15) is 0 Å². The average Bonchev–Trinajstić information content (AvgIpc) is 2.52. The van der Waals surface area contributed by atoms with Crippen molar-refractivity contribution in [3.8, 4) is 11.3 Å². The predicted octanol–water partition coefficient (Wildman–Crippen LogP) is 2.40. The molecular formula is C11H12N2. The Balaban J connectivity index is 2.59. The minimum atomic E-state index is 1.16. The second-order valence-corrected chi connectivity index (χ2v) is 3.15. The number of aromatic nitrogens is 2. The van der Waals surface area contributed by atoms with Crippen LogP contribution in [0.4, 0.5) is 0 Å². The van der Waals surface area contributed by atoms with Crippen LogP contribution in [0, 0.1) is 6.92 Å². The fraction of sp³-hybridized carbons (Fsp3) is 0.182. The summed E-state index contributed by atoms with van der Waals surface area (Å²) in [6.45, 7) is 2.11. The summed E-state index contributed by atoms with van der Waals surface area (Å²) in [5.41, 5.74) is 3.70. The largest absolute Gasteiger partial charge is 0.268 e. The third-order valence-electron chi connectivity index (χ3n) is 2.24. The Hall–Kier alpha value is -1.57. The third-order valence-corrected chi connectivity index (χ3v) is 2.24. The lowest BCUT2D eigenvalue weighted by Gasteiger charge is -2.04. The lowest BCUT2D eigenvalue weighted by molar-refractivity contribution is 0.775. The van der Waals surface area contributed by atoms with Crippen LogP contribution in [0.1, 0.15) is 5.56 Å². The fourth-order valence-electron chi connectivity index (χ4n) is 1.50. The predicted molar refractivity (Wildman–Crippen MR) is 53.4 cm³/mol. The lowest BCUT2D eigenvalue weighted by Crippen LogP contribution is -1.94. The van der Waals surface area contributed by atoms with E-state index in [4.69, 9.17) is 0 Å². The molecule has 0 spiro atoms. The van der Waals surface area contributed by atoms with Crippen LogP contribution in [-0.4, -0.2) is 9.78 Å². The minimum absolute atomic E-state index is 1.16. The van der Waals surface area contributed by atoms with E-state index in [1.165, 1.54) is 11.1 Å². The van der Waals surface area contributed by atoms with Gasteiger partial charge in [0.2, 0.25) is 0 Å². The van der Waals surface area contributed by atoms with Gasteiger partial charge in [0, 0.05) is 18.8 Å². The first-order chi connectivity index (χ1) is 6.29. The van der Waals surface area contributed by atoms with Crippen molar-refractivity contribution in [3.63, 3.8) is 0 Å². The van der Waals surface area contributed by atoms with E-state index < -0.39 is 0 Å². The monoisotopic (exact) mass is 172 g/mol. The highest BCUT2D eigenvalue weighted by Crippen LogP contribution is 2.21. The van der Waals surface area contributed by atoms with Gasteiger partial charge in [0.15, 0.2) is 0 Å². The van der Waals surface area contributed by atoms with Crippen molar-refractivity contribution >= 4 is 0 Å². The van der Waals surface area contributed by atoms with Crippen LogP contribution in [0.25, 0.3) is 11.3 Å². The van der Waals surface area contributed by atoms with Crippen LogP contribution >= 0.6 is 0 Å². The molecule has 1 aromatic carbocycles. The highest BCUT2D eigenvalue weighted by atomic mass is 15.3. The molecule has 2 aromatic rings. The first-order valence-corrected chi connectivity index (χ1v) is 4.33.